The van der Waals surface area contributed by atoms with E-state index in [1.807, 2.05) is 45.9 Å². The second kappa shape index (κ2) is 4.62. The molecule has 0 fully saturated rings. The van der Waals surface area contributed by atoms with Gasteiger partial charge in [-0.2, -0.15) is 0 Å². The summed E-state index contributed by atoms with van der Waals surface area (Å²) in [6, 6.07) is 5.75. The summed E-state index contributed by atoms with van der Waals surface area (Å²) in [6.45, 7) is 11.8. The smallest absolute Gasteiger partial charge is 0.412 e. The number of anilines is 1. The number of carbonyl (C=O) groups excluding carboxylic acids is 1. The second-order valence-corrected chi connectivity index (χ2v) is 6.68. The molecule has 1 amide bonds. The summed E-state index contributed by atoms with van der Waals surface area (Å²) in [7, 11) is 0. The quantitative estimate of drug-likeness (QED) is 0.824. The van der Waals surface area contributed by atoms with Crippen molar-refractivity contribution < 1.29 is 9.53 Å². The summed E-state index contributed by atoms with van der Waals surface area (Å²) in [5.74, 6) is 0. The van der Waals surface area contributed by atoms with E-state index in [1.54, 1.807) is 0 Å². The van der Waals surface area contributed by atoms with Gasteiger partial charge in [-0.25, -0.2) is 4.79 Å². The van der Waals surface area contributed by atoms with Gasteiger partial charge in [-0.15, -0.1) is 0 Å². The maximum atomic E-state index is 11.8. The zero-order valence-electron chi connectivity index (χ0n) is 13.0. The fraction of sp³-hybridized carbons (Fsp3) is 0.500. The van der Waals surface area contributed by atoms with Crippen molar-refractivity contribution in [2.45, 2.75) is 52.6 Å². The van der Waals surface area contributed by atoms with Crippen LogP contribution in [0.15, 0.2) is 23.2 Å². The lowest BCUT2D eigenvalue weighted by Crippen LogP contribution is -2.27. The predicted octanol–water partition coefficient (Wildman–Crippen LogP) is 4.42. The third-order valence-corrected chi connectivity index (χ3v) is 3.51. The molecule has 1 heterocycles. The second-order valence-electron chi connectivity index (χ2n) is 6.68. The van der Waals surface area contributed by atoms with Crippen molar-refractivity contribution in [3.63, 3.8) is 0 Å². The molecule has 1 aliphatic rings. The van der Waals surface area contributed by atoms with Gasteiger partial charge >= 0.3 is 6.09 Å². The highest BCUT2D eigenvalue weighted by molar-refractivity contribution is 6.00. The molecule has 0 saturated carbocycles. The van der Waals surface area contributed by atoms with Crippen molar-refractivity contribution in [2.75, 3.05) is 5.32 Å². The van der Waals surface area contributed by atoms with Gasteiger partial charge in [0, 0.05) is 16.8 Å². The maximum Gasteiger partial charge on any atom is 0.412 e. The molecule has 1 aromatic carbocycles. The summed E-state index contributed by atoms with van der Waals surface area (Å²) < 4.78 is 5.26. The van der Waals surface area contributed by atoms with E-state index < -0.39 is 11.7 Å². The number of hydrogen-bond acceptors (Lipinski definition) is 3. The summed E-state index contributed by atoms with van der Waals surface area (Å²) in [5, 5.41) is 2.77. The molecule has 20 heavy (non-hydrogen) atoms. The molecule has 1 aliphatic heterocycles. The highest BCUT2D eigenvalue weighted by Gasteiger charge is 2.32. The van der Waals surface area contributed by atoms with E-state index in [-0.39, 0.29) is 5.41 Å². The van der Waals surface area contributed by atoms with Crippen molar-refractivity contribution in [3.8, 4) is 0 Å². The van der Waals surface area contributed by atoms with Crippen LogP contribution in [0.4, 0.5) is 16.2 Å². The van der Waals surface area contributed by atoms with Gasteiger partial charge in [0.15, 0.2) is 0 Å². The van der Waals surface area contributed by atoms with Crippen molar-refractivity contribution in [1.82, 2.24) is 0 Å². The minimum atomic E-state index is -0.500. The number of rotatable bonds is 1. The Kier molecular flexibility index (Phi) is 3.36. The van der Waals surface area contributed by atoms with Crippen LogP contribution in [0.2, 0.25) is 0 Å². The lowest BCUT2D eigenvalue weighted by molar-refractivity contribution is 0.0636. The molecule has 1 N–H and O–H groups in total. The van der Waals surface area contributed by atoms with Gasteiger partial charge in [0.2, 0.25) is 0 Å². The number of amides is 1. The van der Waals surface area contributed by atoms with Crippen LogP contribution in [-0.4, -0.2) is 17.4 Å². The molecule has 0 saturated heterocycles. The van der Waals surface area contributed by atoms with Crippen LogP contribution in [0.1, 0.15) is 47.1 Å². The Morgan fingerprint density at radius 2 is 1.95 bits per heavy atom. The van der Waals surface area contributed by atoms with Crippen LogP contribution >= 0.6 is 0 Å². The molecular weight excluding hydrogens is 252 g/mol. The standard InChI is InChI=1S/C16H22N2O2/c1-10-16(5,6)12-9-11(7-8-13(12)17-10)18-14(19)20-15(2,3)4/h7-9H,1-6H3,(H,18,19). The van der Waals surface area contributed by atoms with E-state index >= 15 is 0 Å². The van der Waals surface area contributed by atoms with E-state index in [0.717, 1.165) is 22.6 Å². The lowest BCUT2D eigenvalue weighted by Gasteiger charge is -2.22. The van der Waals surface area contributed by atoms with Crippen LogP contribution in [0.25, 0.3) is 0 Å². The number of aliphatic imine (C=N–C) groups is 1. The number of fused-ring (bicyclic) bond motifs is 1. The highest BCUT2D eigenvalue weighted by atomic mass is 16.6. The third-order valence-electron chi connectivity index (χ3n) is 3.51. The molecule has 1 aromatic rings. The largest absolute Gasteiger partial charge is 0.444 e. The van der Waals surface area contributed by atoms with Crippen LogP contribution in [0, 0.1) is 0 Å². The Morgan fingerprint density at radius 1 is 1.30 bits per heavy atom. The van der Waals surface area contributed by atoms with Crippen LogP contribution in [0.3, 0.4) is 0 Å². The van der Waals surface area contributed by atoms with E-state index in [4.69, 9.17) is 4.74 Å². The molecule has 0 atom stereocenters. The van der Waals surface area contributed by atoms with Gasteiger partial charge < -0.3 is 4.74 Å². The van der Waals surface area contributed by atoms with Crippen molar-refractivity contribution in [2.24, 2.45) is 4.99 Å². The number of benzene rings is 1. The van der Waals surface area contributed by atoms with Gasteiger partial charge in [0.25, 0.3) is 0 Å². The van der Waals surface area contributed by atoms with Gasteiger partial charge in [0.1, 0.15) is 5.60 Å². The number of hydrogen-bond donors (Lipinski definition) is 1. The van der Waals surface area contributed by atoms with Crippen LogP contribution < -0.4 is 5.32 Å². The van der Waals surface area contributed by atoms with Crippen molar-refractivity contribution >= 4 is 23.2 Å². The average Bonchev–Trinajstić information content (AvgIpc) is 2.48. The molecule has 0 bridgehead atoms. The first kappa shape index (κ1) is 14.6. The first-order valence-electron chi connectivity index (χ1n) is 6.80. The monoisotopic (exact) mass is 274 g/mol. The predicted molar refractivity (Wildman–Crippen MR) is 82.1 cm³/mol. The minimum Gasteiger partial charge on any atom is -0.444 e. The third kappa shape index (κ3) is 2.84. The van der Waals surface area contributed by atoms with E-state index in [0.29, 0.717) is 0 Å². The first-order chi connectivity index (χ1) is 9.09. The molecule has 4 heteroatoms. The van der Waals surface area contributed by atoms with Crippen LogP contribution in [-0.2, 0) is 10.2 Å². The highest BCUT2D eigenvalue weighted by Crippen LogP contribution is 2.41. The van der Waals surface area contributed by atoms with E-state index in [9.17, 15) is 4.79 Å². The first-order valence-corrected chi connectivity index (χ1v) is 6.80. The molecule has 0 radical (unpaired) electrons. The normalized spacial score (nSPS) is 16.4. The van der Waals surface area contributed by atoms with E-state index in [2.05, 4.69) is 24.2 Å². The molecule has 0 unspecified atom stereocenters. The number of nitrogens with zero attached hydrogens (tertiary/aromatic N) is 1. The summed E-state index contributed by atoms with van der Waals surface area (Å²) >= 11 is 0. The summed E-state index contributed by atoms with van der Waals surface area (Å²) in [4.78, 5) is 16.3. The SMILES string of the molecule is CC1=Nc2ccc(NC(=O)OC(C)(C)C)cc2C1(C)C. The maximum absolute atomic E-state index is 11.8. The Balaban J connectivity index is 2.19. The molecule has 2 rings (SSSR count). The van der Waals surface area contributed by atoms with Crippen molar-refractivity contribution in [3.05, 3.63) is 23.8 Å². The zero-order valence-corrected chi connectivity index (χ0v) is 13.0. The fourth-order valence-corrected chi connectivity index (χ4v) is 2.15. The Hall–Kier alpha value is -1.84. The molecule has 108 valence electrons. The number of ether oxygens (including phenoxy) is 1. The molecule has 0 aromatic heterocycles. The number of carbonyl (C=O) groups is 1. The molecule has 0 spiro atoms. The lowest BCUT2D eigenvalue weighted by atomic mass is 9.82. The molecular formula is C16H22N2O2. The van der Waals surface area contributed by atoms with Gasteiger partial charge in [-0.05, 0) is 51.5 Å². The molecule has 4 nitrogen and oxygen atoms in total. The Labute approximate surface area is 120 Å². The summed E-state index contributed by atoms with van der Waals surface area (Å²) in [6.07, 6.45) is -0.439. The molecule has 0 aliphatic carbocycles. The topological polar surface area (TPSA) is 50.7 Å². The van der Waals surface area contributed by atoms with Gasteiger partial charge in [0.05, 0.1) is 5.69 Å². The Bertz CT molecular complexity index is 581. The zero-order chi connectivity index (χ0) is 15.1. The average molecular weight is 274 g/mol. The fourth-order valence-electron chi connectivity index (χ4n) is 2.15. The van der Waals surface area contributed by atoms with Gasteiger partial charge in [-0.3, -0.25) is 10.3 Å². The van der Waals surface area contributed by atoms with Crippen LogP contribution in [0.5, 0.6) is 0 Å². The number of nitrogens with one attached hydrogen (secondary N) is 1. The van der Waals surface area contributed by atoms with E-state index in [1.165, 1.54) is 0 Å². The van der Waals surface area contributed by atoms with Crippen molar-refractivity contribution in [1.29, 1.82) is 0 Å². The minimum absolute atomic E-state index is 0.0963. The summed E-state index contributed by atoms with van der Waals surface area (Å²) in [5.41, 5.74) is 3.32. The van der Waals surface area contributed by atoms with Gasteiger partial charge in [-0.1, -0.05) is 13.8 Å². The Morgan fingerprint density at radius 3 is 2.55 bits per heavy atom.